The smallest absolute Gasteiger partial charge is 0.0663 e. The molecule has 0 radical (unpaired) electrons. The van der Waals surface area contributed by atoms with Gasteiger partial charge in [0, 0.05) is 6.42 Å². The quantitative estimate of drug-likeness (QED) is 0.193. The van der Waals surface area contributed by atoms with E-state index in [-0.39, 0.29) is 0 Å². The van der Waals surface area contributed by atoms with Crippen molar-refractivity contribution in [3.8, 4) is 11.1 Å². The van der Waals surface area contributed by atoms with E-state index in [4.69, 9.17) is 4.99 Å². The fraction of sp³-hybridized carbons (Fsp3) is 0.132. The van der Waals surface area contributed by atoms with Crippen molar-refractivity contribution in [2.45, 2.75) is 33.1 Å². The maximum atomic E-state index is 5.31. The van der Waals surface area contributed by atoms with Crippen LogP contribution in [-0.2, 0) is 19.3 Å². The maximum Gasteiger partial charge on any atom is 0.0663 e. The fourth-order valence-corrected chi connectivity index (χ4v) is 5.73. The Morgan fingerprint density at radius 1 is 0.692 bits per heavy atom. The lowest BCUT2D eigenvalue weighted by Gasteiger charge is -2.16. The molecule has 1 heteroatoms. The molecule has 0 spiro atoms. The molecule has 0 amide bonds. The number of rotatable bonds is 7. The Bertz CT molecular complexity index is 1670. The second kappa shape index (κ2) is 11.1. The lowest BCUT2D eigenvalue weighted by Crippen LogP contribution is -2.09. The monoisotopic (exact) mass is 503 g/mol. The van der Waals surface area contributed by atoms with Crippen LogP contribution >= 0.6 is 0 Å². The molecule has 39 heavy (non-hydrogen) atoms. The SMILES string of the molecule is CC=C(/N=C(\Cc1cc(Cc2ccccc2C)cc2c1Cc1ccccc1-2)c1ccccc1)c1ccccc1. The standard InChI is InChI=1S/C38H33N/c1-3-37(29-15-6-4-7-16-29)39-38(30-17-8-5-9-18-30)26-33-23-28(22-31-19-11-10-14-27(31)2)24-36-34-21-13-12-20-32(34)25-35(33)36/h3-21,23-24H,22,25-26H2,1-2H3/b37-3?,39-38+. The second-order valence-corrected chi connectivity index (χ2v) is 10.4. The summed E-state index contributed by atoms with van der Waals surface area (Å²) in [7, 11) is 0. The van der Waals surface area contributed by atoms with Gasteiger partial charge in [-0.3, -0.25) is 4.99 Å². The largest absolute Gasteiger partial charge is 0.252 e. The maximum absolute atomic E-state index is 5.31. The molecule has 0 bridgehead atoms. The summed E-state index contributed by atoms with van der Waals surface area (Å²) in [5.41, 5.74) is 15.5. The van der Waals surface area contributed by atoms with E-state index in [9.17, 15) is 0 Å². The number of aliphatic imine (C=N–C) groups is 1. The van der Waals surface area contributed by atoms with Gasteiger partial charge in [0.05, 0.1) is 11.4 Å². The molecule has 0 heterocycles. The van der Waals surface area contributed by atoms with Crippen molar-refractivity contribution in [3.63, 3.8) is 0 Å². The Balaban J connectivity index is 1.47. The van der Waals surface area contributed by atoms with Crippen LogP contribution in [0.15, 0.2) is 132 Å². The summed E-state index contributed by atoms with van der Waals surface area (Å²) in [6.45, 7) is 4.28. The van der Waals surface area contributed by atoms with Gasteiger partial charge in [-0.05, 0) is 82.3 Å². The first-order valence-electron chi connectivity index (χ1n) is 13.8. The number of hydrogen-bond acceptors (Lipinski definition) is 1. The van der Waals surface area contributed by atoms with Crippen LogP contribution in [0.4, 0.5) is 0 Å². The van der Waals surface area contributed by atoms with Gasteiger partial charge in [0.25, 0.3) is 0 Å². The first-order chi connectivity index (χ1) is 19.2. The molecule has 1 aliphatic rings. The summed E-state index contributed by atoms with van der Waals surface area (Å²) in [6, 6.07) is 43.6. The van der Waals surface area contributed by atoms with E-state index < -0.39 is 0 Å². The van der Waals surface area contributed by atoms with Crippen LogP contribution in [0.3, 0.4) is 0 Å². The Hall–Kier alpha value is -4.49. The Labute approximate surface area is 232 Å². The van der Waals surface area contributed by atoms with Crippen LogP contribution < -0.4 is 0 Å². The third kappa shape index (κ3) is 5.26. The first-order valence-corrected chi connectivity index (χ1v) is 13.8. The van der Waals surface area contributed by atoms with Gasteiger partial charge >= 0.3 is 0 Å². The fourth-order valence-electron chi connectivity index (χ4n) is 5.73. The summed E-state index contributed by atoms with van der Waals surface area (Å²) < 4.78 is 0. The number of fused-ring (bicyclic) bond motifs is 3. The van der Waals surface area contributed by atoms with Crippen molar-refractivity contribution in [2.75, 3.05) is 0 Å². The van der Waals surface area contributed by atoms with Crippen LogP contribution in [0.5, 0.6) is 0 Å². The van der Waals surface area contributed by atoms with E-state index in [2.05, 4.69) is 141 Å². The van der Waals surface area contributed by atoms with E-state index in [1.165, 1.54) is 50.1 Å². The molecule has 0 N–H and O–H groups in total. The lowest BCUT2D eigenvalue weighted by atomic mass is 9.90. The highest BCUT2D eigenvalue weighted by atomic mass is 14.8. The van der Waals surface area contributed by atoms with E-state index in [1.54, 1.807) is 0 Å². The Kier molecular flexibility index (Phi) is 7.06. The minimum atomic E-state index is 0.784. The Morgan fingerprint density at radius 3 is 2.10 bits per heavy atom. The number of aryl methyl sites for hydroxylation is 1. The van der Waals surface area contributed by atoms with Gasteiger partial charge in [0.2, 0.25) is 0 Å². The van der Waals surface area contributed by atoms with Gasteiger partial charge in [-0.2, -0.15) is 0 Å². The summed E-state index contributed by atoms with van der Waals surface area (Å²) in [4.78, 5) is 5.31. The van der Waals surface area contributed by atoms with Gasteiger partial charge < -0.3 is 0 Å². The van der Waals surface area contributed by atoms with Crippen LogP contribution in [-0.4, -0.2) is 5.71 Å². The zero-order valence-electron chi connectivity index (χ0n) is 22.7. The first kappa shape index (κ1) is 24.8. The van der Waals surface area contributed by atoms with Crippen molar-refractivity contribution in [1.82, 2.24) is 0 Å². The van der Waals surface area contributed by atoms with E-state index in [1.807, 2.05) is 0 Å². The summed E-state index contributed by atoms with van der Waals surface area (Å²) >= 11 is 0. The number of benzene rings is 5. The highest BCUT2D eigenvalue weighted by molar-refractivity contribution is 6.05. The molecule has 0 fully saturated rings. The lowest BCUT2D eigenvalue weighted by molar-refractivity contribution is 1.12. The molecular weight excluding hydrogens is 470 g/mol. The summed E-state index contributed by atoms with van der Waals surface area (Å²) in [5, 5.41) is 0. The normalized spacial score (nSPS) is 12.8. The van der Waals surface area contributed by atoms with Crippen molar-refractivity contribution < 1.29 is 0 Å². The molecule has 190 valence electrons. The number of nitrogens with zero attached hydrogens (tertiary/aromatic N) is 1. The van der Waals surface area contributed by atoms with Gasteiger partial charge in [0.1, 0.15) is 0 Å². The second-order valence-electron chi connectivity index (χ2n) is 10.4. The van der Waals surface area contributed by atoms with E-state index in [0.717, 1.165) is 36.2 Å². The minimum Gasteiger partial charge on any atom is -0.252 e. The molecule has 0 aliphatic heterocycles. The van der Waals surface area contributed by atoms with Gasteiger partial charge in [-0.15, -0.1) is 0 Å². The number of allylic oxidation sites excluding steroid dienone is 1. The average Bonchev–Trinajstić information content (AvgIpc) is 3.36. The summed E-state index contributed by atoms with van der Waals surface area (Å²) in [5.74, 6) is 0. The van der Waals surface area contributed by atoms with Crippen LogP contribution in [0.2, 0.25) is 0 Å². The third-order valence-corrected chi connectivity index (χ3v) is 7.80. The van der Waals surface area contributed by atoms with Gasteiger partial charge in [-0.1, -0.05) is 127 Å². The molecule has 0 saturated heterocycles. The molecule has 1 aliphatic carbocycles. The topological polar surface area (TPSA) is 12.4 Å². The van der Waals surface area contributed by atoms with Crippen molar-refractivity contribution in [2.24, 2.45) is 4.99 Å². The highest BCUT2D eigenvalue weighted by Crippen LogP contribution is 2.40. The molecule has 0 atom stereocenters. The molecule has 5 aromatic rings. The predicted molar refractivity (Wildman–Crippen MR) is 165 cm³/mol. The third-order valence-electron chi connectivity index (χ3n) is 7.80. The van der Waals surface area contributed by atoms with Crippen molar-refractivity contribution >= 4 is 11.4 Å². The average molecular weight is 504 g/mol. The van der Waals surface area contributed by atoms with E-state index >= 15 is 0 Å². The molecule has 0 saturated carbocycles. The molecule has 0 unspecified atom stereocenters. The molecule has 1 nitrogen and oxygen atoms in total. The van der Waals surface area contributed by atoms with Crippen molar-refractivity contribution in [1.29, 1.82) is 0 Å². The zero-order valence-corrected chi connectivity index (χ0v) is 22.7. The van der Waals surface area contributed by atoms with Crippen molar-refractivity contribution in [3.05, 3.63) is 172 Å². The van der Waals surface area contributed by atoms with E-state index in [0.29, 0.717) is 0 Å². The summed E-state index contributed by atoms with van der Waals surface area (Å²) in [6.07, 6.45) is 4.80. The van der Waals surface area contributed by atoms with Crippen LogP contribution in [0.25, 0.3) is 16.8 Å². The Morgan fingerprint density at radius 2 is 1.36 bits per heavy atom. The minimum absolute atomic E-state index is 0.784. The zero-order chi connectivity index (χ0) is 26.6. The molecular formula is C38H33N. The highest BCUT2D eigenvalue weighted by Gasteiger charge is 2.23. The van der Waals surface area contributed by atoms with Gasteiger partial charge in [0.15, 0.2) is 0 Å². The molecule has 6 rings (SSSR count). The predicted octanol–water partition coefficient (Wildman–Crippen LogP) is 9.25. The molecule has 0 aromatic heterocycles. The van der Waals surface area contributed by atoms with Crippen LogP contribution in [0, 0.1) is 6.92 Å². The van der Waals surface area contributed by atoms with Gasteiger partial charge in [-0.25, -0.2) is 0 Å². The molecule has 5 aromatic carbocycles. The number of hydrogen-bond donors (Lipinski definition) is 0. The van der Waals surface area contributed by atoms with Crippen LogP contribution in [0.1, 0.15) is 51.4 Å².